The van der Waals surface area contributed by atoms with Crippen LogP contribution >= 0.6 is 15.9 Å². The summed E-state index contributed by atoms with van der Waals surface area (Å²) in [5.74, 6) is 0.599. The Bertz CT molecular complexity index is 704. The topological polar surface area (TPSA) is 33.0 Å². The average molecular weight is 386 g/mol. The van der Waals surface area contributed by atoms with Crippen LogP contribution in [0.5, 0.6) is 5.75 Å². The molecule has 0 aromatic heterocycles. The second-order valence-corrected chi connectivity index (χ2v) is 5.02. The van der Waals surface area contributed by atoms with Crippen LogP contribution < -0.4 is 4.74 Å². The molecule has 122 valence electrons. The first kappa shape index (κ1) is 19.0. The molecular weight excluding hydrogens is 371 g/mol. The van der Waals surface area contributed by atoms with Crippen molar-refractivity contribution < 1.29 is 17.9 Å². The summed E-state index contributed by atoms with van der Waals surface area (Å²) >= 11 is 3.19. The molecule has 6 heteroatoms. The highest BCUT2D eigenvalue weighted by molar-refractivity contribution is 9.10. The zero-order chi connectivity index (χ0) is 17.6. The molecule has 0 aliphatic carbocycles. The van der Waals surface area contributed by atoms with Gasteiger partial charge in [0.2, 0.25) is 0 Å². The van der Waals surface area contributed by atoms with E-state index in [9.17, 15) is 13.2 Å². The van der Waals surface area contributed by atoms with Gasteiger partial charge in [0.25, 0.3) is 0 Å². The Morgan fingerprint density at radius 3 is 2.09 bits per heavy atom. The largest absolute Gasteiger partial charge is 0.497 e. The van der Waals surface area contributed by atoms with Crippen LogP contribution in [0.25, 0.3) is 11.1 Å². The van der Waals surface area contributed by atoms with Gasteiger partial charge in [0.1, 0.15) is 11.8 Å². The molecule has 0 bridgehead atoms. The minimum absolute atomic E-state index is 0.0596. The summed E-state index contributed by atoms with van der Waals surface area (Å²) in [7, 11) is 1.50. The van der Waals surface area contributed by atoms with Crippen LogP contribution in [-0.4, -0.2) is 7.11 Å². The molecule has 0 aliphatic rings. The SMILES string of the molecule is CC.COc1ccc(-c2cc(C(F)(F)F)cc(C#N)c2Br)cc1. The van der Waals surface area contributed by atoms with Gasteiger partial charge in [-0.15, -0.1) is 0 Å². The Balaban J connectivity index is 0.00000127. The Morgan fingerprint density at radius 1 is 1.09 bits per heavy atom. The van der Waals surface area contributed by atoms with Crippen LogP contribution in [0.2, 0.25) is 0 Å². The van der Waals surface area contributed by atoms with Crippen molar-refractivity contribution in [2.75, 3.05) is 7.11 Å². The molecule has 0 spiro atoms. The quantitative estimate of drug-likeness (QED) is 0.630. The maximum atomic E-state index is 12.9. The van der Waals surface area contributed by atoms with E-state index in [2.05, 4.69) is 15.9 Å². The van der Waals surface area contributed by atoms with E-state index in [4.69, 9.17) is 10.00 Å². The van der Waals surface area contributed by atoms with E-state index >= 15 is 0 Å². The van der Waals surface area contributed by atoms with Gasteiger partial charge in [-0.1, -0.05) is 26.0 Å². The van der Waals surface area contributed by atoms with Crippen molar-refractivity contribution in [3.63, 3.8) is 0 Å². The van der Waals surface area contributed by atoms with Gasteiger partial charge in [0.05, 0.1) is 18.2 Å². The minimum atomic E-state index is -4.51. The lowest BCUT2D eigenvalue weighted by molar-refractivity contribution is -0.137. The van der Waals surface area contributed by atoms with E-state index in [0.29, 0.717) is 21.3 Å². The van der Waals surface area contributed by atoms with E-state index < -0.39 is 11.7 Å². The van der Waals surface area contributed by atoms with Gasteiger partial charge in [-0.05, 0) is 51.3 Å². The van der Waals surface area contributed by atoms with Crippen molar-refractivity contribution in [3.05, 3.63) is 52.0 Å². The number of nitriles is 1. The molecule has 2 rings (SSSR count). The number of rotatable bonds is 2. The molecule has 2 aromatic rings. The lowest BCUT2D eigenvalue weighted by atomic mass is 9.99. The number of halogens is 4. The van der Waals surface area contributed by atoms with Crippen molar-refractivity contribution in [3.8, 4) is 22.9 Å². The Kier molecular flexibility index (Phi) is 6.64. The summed E-state index contributed by atoms with van der Waals surface area (Å²) in [6, 6.07) is 10.2. The molecule has 2 nitrogen and oxygen atoms in total. The van der Waals surface area contributed by atoms with Crippen LogP contribution in [0.1, 0.15) is 25.0 Å². The fraction of sp³-hybridized carbons (Fsp3) is 0.235. The zero-order valence-corrected chi connectivity index (χ0v) is 14.4. The third-order valence-corrected chi connectivity index (χ3v) is 3.78. The molecule has 0 atom stereocenters. The third kappa shape index (κ3) is 4.49. The van der Waals surface area contributed by atoms with E-state index in [0.717, 1.165) is 12.1 Å². The van der Waals surface area contributed by atoms with Crippen molar-refractivity contribution in [2.45, 2.75) is 20.0 Å². The van der Waals surface area contributed by atoms with Crippen molar-refractivity contribution in [1.82, 2.24) is 0 Å². The number of benzene rings is 2. The lowest BCUT2D eigenvalue weighted by Gasteiger charge is -2.13. The standard InChI is InChI=1S/C15H9BrF3NO.C2H6/c1-21-12-4-2-9(3-5-12)13-7-11(15(17,18)19)6-10(8-20)14(13)16;1-2/h2-7H,1H3;1-2H3. The summed E-state index contributed by atoms with van der Waals surface area (Å²) in [5, 5.41) is 8.99. The molecule has 0 fully saturated rings. The van der Waals surface area contributed by atoms with Crippen molar-refractivity contribution >= 4 is 15.9 Å². The van der Waals surface area contributed by atoms with Crippen molar-refractivity contribution in [2.24, 2.45) is 0 Å². The monoisotopic (exact) mass is 385 g/mol. The molecule has 23 heavy (non-hydrogen) atoms. The summed E-state index contributed by atoms with van der Waals surface area (Å²) in [5.41, 5.74) is -0.0435. The highest BCUT2D eigenvalue weighted by Crippen LogP contribution is 2.38. The number of alkyl halides is 3. The molecule has 2 aromatic carbocycles. The van der Waals surface area contributed by atoms with Gasteiger partial charge >= 0.3 is 6.18 Å². The van der Waals surface area contributed by atoms with Crippen LogP contribution in [0, 0.1) is 11.3 Å². The van der Waals surface area contributed by atoms with Crippen LogP contribution in [-0.2, 0) is 6.18 Å². The Labute approximate surface area is 141 Å². The van der Waals surface area contributed by atoms with Gasteiger partial charge < -0.3 is 4.74 Å². The summed E-state index contributed by atoms with van der Waals surface area (Å²) < 4.78 is 44.1. The average Bonchev–Trinajstić information content (AvgIpc) is 2.56. The first-order valence-corrected chi connectivity index (χ1v) is 7.61. The molecule has 0 saturated carbocycles. The van der Waals surface area contributed by atoms with Crippen LogP contribution in [0.15, 0.2) is 40.9 Å². The fourth-order valence-corrected chi connectivity index (χ4v) is 2.40. The number of nitrogens with zero attached hydrogens (tertiary/aromatic N) is 1. The maximum absolute atomic E-state index is 12.9. The predicted octanol–water partition coefficient (Wildman–Crippen LogP) is 6.04. The van der Waals surface area contributed by atoms with Gasteiger partial charge in [0.15, 0.2) is 0 Å². The van der Waals surface area contributed by atoms with E-state index in [1.807, 2.05) is 13.8 Å². The maximum Gasteiger partial charge on any atom is 0.416 e. The van der Waals surface area contributed by atoms with E-state index in [-0.39, 0.29) is 5.56 Å². The van der Waals surface area contributed by atoms with Gasteiger partial charge in [-0.25, -0.2) is 0 Å². The smallest absolute Gasteiger partial charge is 0.416 e. The summed E-state index contributed by atoms with van der Waals surface area (Å²) in [6.45, 7) is 4.00. The third-order valence-electron chi connectivity index (χ3n) is 2.92. The zero-order valence-electron chi connectivity index (χ0n) is 12.8. The first-order valence-electron chi connectivity index (χ1n) is 6.82. The molecular formula is C17H15BrF3NO. The molecule has 0 saturated heterocycles. The van der Waals surface area contributed by atoms with Gasteiger partial charge in [-0.2, -0.15) is 18.4 Å². The fourth-order valence-electron chi connectivity index (χ4n) is 1.85. The predicted molar refractivity (Wildman–Crippen MR) is 87.2 cm³/mol. The lowest BCUT2D eigenvalue weighted by Crippen LogP contribution is -2.06. The van der Waals surface area contributed by atoms with Crippen LogP contribution in [0.4, 0.5) is 13.2 Å². The number of hydrogen-bond donors (Lipinski definition) is 0. The van der Waals surface area contributed by atoms with Gasteiger partial charge in [-0.3, -0.25) is 0 Å². The highest BCUT2D eigenvalue weighted by Gasteiger charge is 2.32. The second kappa shape index (κ2) is 8.02. The molecule has 0 radical (unpaired) electrons. The van der Waals surface area contributed by atoms with Crippen LogP contribution in [0.3, 0.4) is 0 Å². The first-order chi connectivity index (χ1) is 10.9. The molecule has 0 unspecified atom stereocenters. The van der Waals surface area contributed by atoms with E-state index in [1.54, 1.807) is 30.3 Å². The number of ether oxygens (including phenoxy) is 1. The Morgan fingerprint density at radius 2 is 1.65 bits per heavy atom. The molecule has 0 aliphatic heterocycles. The second-order valence-electron chi connectivity index (χ2n) is 4.22. The number of hydrogen-bond acceptors (Lipinski definition) is 2. The number of methoxy groups -OCH3 is 1. The summed E-state index contributed by atoms with van der Waals surface area (Å²) in [4.78, 5) is 0. The molecule has 0 heterocycles. The molecule has 0 amide bonds. The minimum Gasteiger partial charge on any atom is -0.497 e. The highest BCUT2D eigenvalue weighted by atomic mass is 79.9. The molecule has 0 N–H and O–H groups in total. The Hall–Kier alpha value is -2.00. The summed E-state index contributed by atoms with van der Waals surface area (Å²) in [6.07, 6.45) is -4.51. The van der Waals surface area contributed by atoms with Crippen molar-refractivity contribution in [1.29, 1.82) is 5.26 Å². The van der Waals surface area contributed by atoms with Gasteiger partial charge in [0, 0.05) is 4.47 Å². The van der Waals surface area contributed by atoms with E-state index in [1.165, 1.54) is 7.11 Å². The normalized spacial score (nSPS) is 10.3.